The number of aromatic amines is 1. The van der Waals surface area contributed by atoms with E-state index in [4.69, 9.17) is 10.1 Å². The van der Waals surface area contributed by atoms with Gasteiger partial charge < -0.3 is 0 Å². The van der Waals surface area contributed by atoms with E-state index in [2.05, 4.69) is 85.7 Å². The summed E-state index contributed by atoms with van der Waals surface area (Å²) in [7, 11) is 0. The van der Waals surface area contributed by atoms with Crippen molar-refractivity contribution in [3.63, 3.8) is 0 Å². The highest BCUT2D eigenvalue weighted by atomic mass is 15.5. The molecule has 5 rings (SSSR count). The van der Waals surface area contributed by atoms with E-state index in [1.165, 1.54) is 24.0 Å². The van der Waals surface area contributed by atoms with Crippen LogP contribution in [0.2, 0.25) is 0 Å². The summed E-state index contributed by atoms with van der Waals surface area (Å²) in [5.74, 6) is 2.50. The Labute approximate surface area is 210 Å². The lowest BCUT2D eigenvalue weighted by Gasteiger charge is -2.08. The Morgan fingerprint density at radius 2 is 1.72 bits per heavy atom. The second-order valence-electron chi connectivity index (χ2n) is 8.88. The van der Waals surface area contributed by atoms with Crippen LogP contribution in [0.15, 0.2) is 72.9 Å². The first-order valence-corrected chi connectivity index (χ1v) is 12.5. The molecule has 0 saturated heterocycles. The van der Waals surface area contributed by atoms with Gasteiger partial charge in [-0.1, -0.05) is 80.4 Å². The van der Waals surface area contributed by atoms with Crippen molar-refractivity contribution in [2.45, 2.75) is 52.0 Å². The van der Waals surface area contributed by atoms with Gasteiger partial charge in [-0.3, -0.25) is 4.98 Å². The maximum Gasteiger partial charge on any atom is 0.198 e. The van der Waals surface area contributed by atoms with E-state index >= 15 is 0 Å². The topological polar surface area (TPSA) is 98.1 Å². The molecule has 36 heavy (non-hydrogen) atoms. The molecule has 0 saturated carbocycles. The van der Waals surface area contributed by atoms with Crippen LogP contribution in [0.25, 0.3) is 22.6 Å². The van der Waals surface area contributed by atoms with Crippen molar-refractivity contribution >= 4 is 0 Å². The Morgan fingerprint density at radius 1 is 0.861 bits per heavy atom. The van der Waals surface area contributed by atoms with Gasteiger partial charge in [-0.05, 0) is 46.0 Å². The molecule has 2 aromatic carbocycles. The third kappa shape index (κ3) is 5.71. The van der Waals surface area contributed by atoms with Crippen molar-refractivity contribution in [1.82, 2.24) is 40.4 Å². The number of aromatic nitrogens is 8. The number of pyridine rings is 1. The molecular formula is C28H30N8. The third-order valence-electron chi connectivity index (χ3n) is 6.25. The number of hydrogen-bond acceptors (Lipinski definition) is 6. The summed E-state index contributed by atoms with van der Waals surface area (Å²) in [6, 6.07) is 23.0. The molecule has 0 aliphatic carbocycles. The summed E-state index contributed by atoms with van der Waals surface area (Å²) in [4.78, 5) is 9.42. The van der Waals surface area contributed by atoms with E-state index in [0.29, 0.717) is 5.82 Å². The summed E-state index contributed by atoms with van der Waals surface area (Å²) in [6.07, 6.45) is 7.78. The van der Waals surface area contributed by atoms with Gasteiger partial charge in [-0.15, -0.1) is 5.10 Å². The number of aryl methyl sites for hydroxylation is 3. The molecule has 8 nitrogen and oxygen atoms in total. The molecule has 1 N–H and O–H groups in total. The standard InChI is InChI=1S/C28H30N8/c1-2-3-7-19-36-26(30-25(33-36)17-14-21-9-5-4-6-10-21)20-22-12-15-23(16-13-22)24-11-8-18-29-27(24)28-31-34-35-32-28/h4-6,8-13,15-16,18H,2-3,7,14,17,19-20H2,1H3,(H,31,32,34,35). The maximum absolute atomic E-state index is 4.94. The van der Waals surface area contributed by atoms with Crippen molar-refractivity contribution in [2.75, 3.05) is 0 Å². The van der Waals surface area contributed by atoms with Crippen molar-refractivity contribution in [1.29, 1.82) is 0 Å². The Kier molecular flexibility index (Phi) is 7.51. The van der Waals surface area contributed by atoms with Crippen molar-refractivity contribution in [2.24, 2.45) is 0 Å². The fraction of sp³-hybridized carbons (Fsp3) is 0.286. The highest BCUT2D eigenvalue weighted by molar-refractivity contribution is 5.77. The molecule has 0 fully saturated rings. The third-order valence-corrected chi connectivity index (χ3v) is 6.25. The predicted octanol–water partition coefficient (Wildman–Crippen LogP) is 5.09. The van der Waals surface area contributed by atoms with Gasteiger partial charge in [0, 0.05) is 31.1 Å². The summed E-state index contributed by atoms with van der Waals surface area (Å²) in [5.41, 5.74) is 5.28. The molecule has 0 aliphatic rings. The molecular weight excluding hydrogens is 448 g/mol. The van der Waals surface area contributed by atoms with E-state index in [1.54, 1.807) is 6.20 Å². The summed E-state index contributed by atoms with van der Waals surface area (Å²) >= 11 is 0. The number of benzene rings is 2. The van der Waals surface area contributed by atoms with Crippen molar-refractivity contribution < 1.29 is 0 Å². The van der Waals surface area contributed by atoms with Crippen LogP contribution >= 0.6 is 0 Å². The van der Waals surface area contributed by atoms with Gasteiger partial charge in [-0.25, -0.2) is 14.8 Å². The number of tetrazole rings is 1. The first-order valence-electron chi connectivity index (χ1n) is 12.5. The first-order chi connectivity index (χ1) is 17.8. The lowest BCUT2D eigenvalue weighted by Crippen LogP contribution is -2.07. The van der Waals surface area contributed by atoms with Crippen LogP contribution in [0.4, 0.5) is 0 Å². The molecule has 0 spiro atoms. The summed E-state index contributed by atoms with van der Waals surface area (Å²) < 4.78 is 2.11. The van der Waals surface area contributed by atoms with Crippen LogP contribution in [-0.4, -0.2) is 40.4 Å². The quantitative estimate of drug-likeness (QED) is 0.266. The monoisotopic (exact) mass is 478 g/mol. The van der Waals surface area contributed by atoms with Crippen LogP contribution < -0.4 is 0 Å². The zero-order valence-electron chi connectivity index (χ0n) is 20.5. The van der Waals surface area contributed by atoms with Crippen LogP contribution in [0.5, 0.6) is 0 Å². The van der Waals surface area contributed by atoms with E-state index in [-0.39, 0.29) is 0 Å². The minimum absolute atomic E-state index is 0.554. The van der Waals surface area contributed by atoms with Crippen molar-refractivity contribution in [3.05, 3.63) is 95.7 Å². The van der Waals surface area contributed by atoms with Crippen LogP contribution in [0.1, 0.15) is 49.0 Å². The average molecular weight is 479 g/mol. The highest BCUT2D eigenvalue weighted by Crippen LogP contribution is 2.28. The second kappa shape index (κ2) is 11.5. The average Bonchev–Trinajstić information content (AvgIpc) is 3.59. The lowest BCUT2D eigenvalue weighted by molar-refractivity contribution is 0.531. The zero-order chi connectivity index (χ0) is 24.6. The van der Waals surface area contributed by atoms with Gasteiger partial charge in [0.1, 0.15) is 11.5 Å². The molecule has 0 atom stereocenters. The molecule has 0 bridgehead atoms. The molecule has 3 heterocycles. The molecule has 0 aliphatic heterocycles. The predicted molar refractivity (Wildman–Crippen MR) is 139 cm³/mol. The SMILES string of the molecule is CCCCCn1nc(CCc2ccccc2)nc1Cc1ccc(-c2cccnc2-c2nnn[nH]2)cc1. The van der Waals surface area contributed by atoms with E-state index in [1.807, 2.05) is 18.2 Å². The van der Waals surface area contributed by atoms with Crippen molar-refractivity contribution in [3.8, 4) is 22.6 Å². The second-order valence-corrected chi connectivity index (χ2v) is 8.88. The summed E-state index contributed by atoms with van der Waals surface area (Å²) in [6.45, 7) is 3.13. The molecule has 0 amide bonds. The van der Waals surface area contributed by atoms with Crippen LogP contribution in [0, 0.1) is 0 Å². The van der Waals surface area contributed by atoms with E-state index in [9.17, 15) is 0 Å². The molecule has 0 unspecified atom stereocenters. The largest absolute Gasteiger partial charge is 0.252 e. The van der Waals surface area contributed by atoms with Gasteiger partial charge in [0.25, 0.3) is 0 Å². The molecule has 5 aromatic rings. The molecule has 8 heteroatoms. The van der Waals surface area contributed by atoms with Gasteiger partial charge in [0.05, 0.1) is 0 Å². The Bertz CT molecular complexity index is 1360. The number of H-pyrrole nitrogens is 1. The Morgan fingerprint density at radius 3 is 2.50 bits per heavy atom. The number of unbranched alkanes of at least 4 members (excludes halogenated alkanes) is 2. The summed E-state index contributed by atoms with van der Waals surface area (Å²) in [5, 5.41) is 19.1. The highest BCUT2D eigenvalue weighted by Gasteiger charge is 2.14. The Hall–Kier alpha value is -4.20. The van der Waals surface area contributed by atoms with E-state index in [0.717, 1.165) is 60.7 Å². The fourth-order valence-electron chi connectivity index (χ4n) is 4.33. The van der Waals surface area contributed by atoms with Gasteiger partial charge >= 0.3 is 0 Å². The molecule has 0 radical (unpaired) electrons. The lowest BCUT2D eigenvalue weighted by atomic mass is 10.0. The maximum atomic E-state index is 4.94. The smallest absolute Gasteiger partial charge is 0.198 e. The fourth-order valence-corrected chi connectivity index (χ4v) is 4.33. The number of nitrogens with zero attached hydrogens (tertiary/aromatic N) is 7. The van der Waals surface area contributed by atoms with Gasteiger partial charge in [-0.2, -0.15) is 5.10 Å². The van der Waals surface area contributed by atoms with Gasteiger partial charge in [0.2, 0.25) is 0 Å². The number of hydrogen-bond donors (Lipinski definition) is 1. The minimum Gasteiger partial charge on any atom is -0.252 e. The zero-order valence-corrected chi connectivity index (χ0v) is 20.5. The minimum atomic E-state index is 0.554. The first kappa shape index (κ1) is 23.5. The molecule has 182 valence electrons. The van der Waals surface area contributed by atoms with E-state index < -0.39 is 0 Å². The van der Waals surface area contributed by atoms with Crippen LogP contribution in [-0.2, 0) is 25.8 Å². The Balaban J connectivity index is 1.33. The number of rotatable bonds is 11. The van der Waals surface area contributed by atoms with Crippen LogP contribution in [0.3, 0.4) is 0 Å². The molecule has 3 aromatic heterocycles. The normalized spacial score (nSPS) is 11.1. The van der Waals surface area contributed by atoms with Gasteiger partial charge in [0.15, 0.2) is 11.6 Å². The number of nitrogens with one attached hydrogen (secondary N) is 1.